The van der Waals surface area contributed by atoms with Gasteiger partial charge in [-0.3, -0.25) is 4.79 Å². The largest absolute Gasteiger partial charge is 0.493 e. The molecule has 2 aliphatic carbocycles. The van der Waals surface area contributed by atoms with Crippen LogP contribution in [0.25, 0.3) is 0 Å². The number of nitrogens with one attached hydrogen (secondary N) is 1. The third kappa shape index (κ3) is 1.49. The number of likely N-dealkylation sites (N-methyl/N-ethyl adjacent to an activating group) is 1. The van der Waals surface area contributed by atoms with E-state index in [2.05, 4.69) is 18.3 Å². The average molecular weight is 301 g/mol. The van der Waals surface area contributed by atoms with Crippen LogP contribution in [0.1, 0.15) is 37.3 Å². The van der Waals surface area contributed by atoms with Crippen molar-refractivity contribution in [1.82, 2.24) is 5.32 Å². The summed E-state index contributed by atoms with van der Waals surface area (Å²) in [6.07, 6.45) is 3.17. The van der Waals surface area contributed by atoms with Gasteiger partial charge in [-0.1, -0.05) is 13.0 Å². The Kier molecular flexibility index (Phi) is 3.02. The molecule has 4 heteroatoms. The van der Waals surface area contributed by atoms with Crippen LogP contribution in [-0.4, -0.2) is 32.1 Å². The van der Waals surface area contributed by atoms with Crippen LogP contribution < -0.4 is 14.8 Å². The maximum absolute atomic E-state index is 12.6. The molecule has 118 valence electrons. The Bertz CT molecular complexity index is 641. The number of carbonyl (C=O) groups is 1. The van der Waals surface area contributed by atoms with E-state index in [1.54, 1.807) is 7.11 Å². The molecule has 1 aromatic rings. The SMILES string of the molecule is CC[C@@]12c3c4ccc(OC)c3OC1C(=O)CCC2C(NC)C4. The van der Waals surface area contributed by atoms with Crippen LogP contribution in [0.15, 0.2) is 12.1 Å². The Hall–Kier alpha value is -1.55. The van der Waals surface area contributed by atoms with Crippen molar-refractivity contribution >= 4 is 5.78 Å². The van der Waals surface area contributed by atoms with E-state index in [-0.39, 0.29) is 17.3 Å². The number of hydrogen-bond acceptors (Lipinski definition) is 4. The van der Waals surface area contributed by atoms with Crippen LogP contribution in [-0.2, 0) is 16.6 Å². The van der Waals surface area contributed by atoms with Crippen molar-refractivity contribution in [2.24, 2.45) is 5.92 Å². The van der Waals surface area contributed by atoms with Gasteiger partial charge in [0.25, 0.3) is 0 Å². The van der Waals surface area contributed by atoms with Gasteiger partial charge in [0.1, 0.15) is 0 Å². The van der Waals surface area contributed by atoms with E-state index in [1.807, 2.05) is 13.1 Å². The Balaban J connectivity index is 2.00. The summed E-state index contributed by atoms with van der Waals surface area (Å²) in [7, 11) is 3.70. The minimum atomic E-state index is -0.336. The standard InChI is InChI=1S/C18H23NO3/c1-4-18-11-6-7-13(20)17(18)22-16-14(21-3)8-5-10(15(16)18)9-12(11)19-2/h5,8,11-12,17,19H,4,6-7,9H2,1-3H3/t11?,12?,17?,18-/m1/s1. The van der Waals surface area contributed by atoms with Crippen LogP contribution in [0.3, 0.4) is 0 Å². The first-order chi connectivity index (χ1) is 10.7. The van der Waals surface area contributed by atoms with Gasteiger partial charge in [0.15, 0.2) is 23.4 Å². The van der Waals surface area contributed by atoms with Crippen molar-refractivity contribution in [3.63, 3.8) is 0 Å². The molecule has 0 spiro atoms. The molecule has 1 heterocycles. The zero-order valence-corrected chi connectivity index (χ0v) is 13.4. The third-order valence-corrected chi connectivity index (χ3v) is 6.13. The van der Waals surface area contributed by atoms with Gasteiger partial charge >= 0.3 is 0 Å². The number of ether oxygens (including phenoxy) is 2. The van der Waals surface area contributed by atoms with E-state index in [4.69, 9.17) is 9.47 Å². The first kappa shape index (κ1) is 14.1. The minimum absolute atomic E-state index is 0.180. The van der Waals surface area contributed by atoms with Crippen molar-refractivity contribution in [3.05, 3.63) is 23.3 Å². The van der Waals surface area contributed by atoms with E-state index in [0.717, 1.165) is 30.8 Å². The molecule has 1 saturated carbocycles. The second kappa shape index (κ2) is 4.72. The molecule has 0 saturated heterocycles. The van der Waals surface area contributed by atoms with E-state index < -0.39 is 0 Å². The molecule has 4 rings (SSSR count). The predicted molar refractivity (Wildman–Crippen MR) is 83.7 cm³/mol. The summed E-state index contributed by atoms with van der Waals surface area (Å²) in [5, 5.41) is 3.49. The van der Waals surface area contributed by atoms with E-state index >= 15 is 0 Å². The highest BCUT2D eigenvalue weighted by molar-refractivity contribution is 5.89. The Morgan fingerprint density at radius 1 is 1.45 bits per heavy atom. The van der Waals surface area contributed by atoms with Gasteiger partial charge < -0.3 is 14.8 Å². The van der Waals surface area contributed by atoms with Crippen LogP contribution in [0, 0.1) is 5.92 Å². The lowest BCUT2D eigenvalue weighted by atomic mass is 9.54. The third-order valence-electron chi connectivity index (χ3n) is 6.13. The number of ketones is 1. The lowest BCUT2D eigenvalue weighted by Gasteiger charge is -2.50. The second-order valence-corrected chi connectivity index (χ2v) is 6.73. The van der Waals surface area contributed by atoms with Crippen molar-refractivity contribution < 1.29 is 14.3 Å². The average Bonchev–Trinajstić information content (AvgIpc) is 2.92. The van der Waals surface area contributed by atoms with Crippen LogP contribution in [0.5, 0.6) is 11.5 Å². The Labute approximate surface area is 131 Å². The summed E-state index contributed by atoms with van der Waals surface area (Å²) >= 11 is 0. The van der Waals surface area contributed by atoms with Crippen LogP contribution in [0.4, 0.5) is 0 Å². The maximum Gasteiger partial charge on any atom is 0.174 e. The minimum Gasteiger partial charge on any atom is -0.493 e. The number of benzene rings is 1. The van der Waals surface area contributed by atoms with Crippen LogP contribution >= 0.6 is 0 Å². The summed E-state index contributed by atoms with van der Waals surface area (Å²) in [6.45, 7) is 2.19. The first-order valence-corrected chi connectivity index (χ1v) is 8.24. The van der Waals surface area contributed by atoms with Gasteiger partial charge in [0, 0.05) is 23.4 Å². The molecule has 1 N–H and O–H groups in total. The van der Waals surface area contributed by atoms with Gasteiger partial charge in [-0.2, -0.15) is 0 Å². The number of rotatable bonds is 3. The number of carbonyl (C=O) groups excluding carboxylic acids is 1. The molecule has 1 aliphatic heterocycles. The molecule has 0 aromatic heterocycles. The van der Waals surface area contributed by atoms with Gasteiger partial charge in [0.2, 0.25) is 0 Å². The Morgan fingerprint density at radius 3 is 2.95 bits per heavy atom. The molecule has 4 nitrogen and oxygen atoms in total. The van der Waals surface area contributed by atoms with Crippen molar-refractivity contribution in [2.45, 2.75) is 50.2 Å². The molecule has 0 bridgehead atoms. The highest BCUT2D eigenvalue weighted by atomic mass is 16.5. The molecule has 22 heavy (non-hydrogen) atoms. The quantitative estimate of drug-likeness (QED) is 0.930. The predicted octanol–water partition coefficient (Wildman–Crippen LogP) is 2.23. The van der Waals surface area contributed by atoms with E-state index in [0.29, 0.717) is 18.4 Å². The molecule has 3 aliphatic rings. The van der Waals surface area contributed by atoms with Crippen molar-refractivity contribution in [3.8, 4) is 11.5 Å². The van der Waals surface area contributed by atoms with E-state index in [1.165, 1.54) is 11.1 Å². The first-order valence-electron chi connectivity index (χ1n) is 8.24. The van der Waals surface area contributed by atoms with Gasteiger partial charge in [-0.15, -0.1) is 0 Å². The molecule has 3 unspecified atom stereocenters. The topological polar surface area (TPSA) is 47.6 Å². The van der Waals surface area contributed by atoms with Crippen molar-refractivity contribution in [2.75, 3.05) is 14.2 Å². The van der Waals surface area contributed by atoms with Crippen LogP contribution in [0.2, 0.25) is 0 Å². The molecule has 4 atom stereocenters. The van der Waals surface area contributed by atoms with E-state index in [9.17, 15) is 4.79 Å². The maximum atomic E-state index is 12.6. The zero-order valence-electron chi connectivity index (χ0n) is 13.4. The summed E-state index contributed by atoms with van der Waals surface area (Å²) in [6, 6.07) is 4.54. The molecular weight excluding hydrogens is 278 g/mol. The van der Waals surface area contributed by atoms with Gasteiger partial charge in [-0.05, 0) is 43.9 Å². The lowest BCUT2D eigenvalue weighted by Crippen LogP contribution is -2.60. The molecule has 0 amide bonds. The van der Waals surface area contributed by atoms with Gasteiger partial charge in [0.05, 0.1) is 7.11 Å². The lowest BCUT2D eigenvalue weighted by molar-refractivity contribution is -0.134. The fourth-order valence-corrected chi connectivity index (χ4v) is 5.20. The molecule has 1 aromatic carbocycles. The summed E-state index contributed by atoms with van der Waals surface area (Å²) in [5.41, 5.74) is 2.38. The molecule has 1 fully saturated rings. The molecule has 0 radical (unpaired) electrons. The van der Waals surface area contributed by atoms with Gasteiger partial charge in [-0.25, -0.2) is 0 Å². The highest BCUT2D eigenvalue weighted by Gasteiger charge is 2.62. The smallest absolute Gasteiger partial charge is 0.174 e. The monoisotopic (exact) mass is 301 g/mol. The fourth-order valence-electron chi connectivity index (χ4n) is 5.20. The fraction of sp³-hybridized carbons (Fsp3) is 0.611. The van der Waals surface area contributed by atoms with Crippen molar-refractivity contribution in [1.29, 1.82) is 0 Å². The number of Topliss-reactive ketones (excluding diaryl/α,β-unsaturated/α-hetero) is 1. The number of hydrogen-bond donors (Lipinski definition) is 1. The number of methoxy groups -OCH3 is 1. The summed E-state index contributed by atoms with van der Waals surface area (Å²) in [5.74, 6) is 2.28. The highest BCUT2D eigenvalue weighted by Crippen LogP contribution is 2.60. The second-order valence-electron chi connectivity index (χ2n) is 6.73. The zero-order chi connectivity index (χ0) is 15.5. The summed E-state index contributed by atoms with van der Waals surface area (Å²) in [4.78, 5) is 12.6. The summed E-state index contributed by atoms with van der Waals surface area (Å²) < 4.78 is 11.7. The normalized spacial score (nSPS) is 35.0. The Morgan fingerprint density at radius 2 is 2.27 bits per heavy atom. The molecular formula is C18H23NO3.